The van der Waals surface area contributed by atoms with E-state index in [1.54, 1.807) is 6.92 Å². The molecule has 20 heavy (non-hydrogen) atoms. The SMILES string of the molecule is CCOc1ccc(S(=O)(=O)NCC2CCCO2)cc1F. The lowest BCUT2D eigenvalue weighted by Crippen LogP contribution is -2.31. The number of halogens is 1. The second-order valence-electron chi connectivity index (χ2n) is 4.51. The Morgan fingerprint density at radius 1 is 1.50 bits per heavy atom. The molecule has 1 unspecified atom stereocenters. The number of nitrogens with one attached hydrogen (secondary N) is 1. The molecule has 1 aromatic carbocycles. The van der Waals surface area contributed by atoms with Gasteiger partial charge in [-0.05, 0) is 38.0 Å². The molecule has 1 aliphatic heterocycles. The van der Waals surface area contributed by atoms with Gasteiger partial charge in [0.1, 0.15) is 0 Å². The molecule has 1 N–H and O–H groups in total. The van der Waals surface area contributed by atoms with E-state index in [2.05, 4.69) is 4.72 Å². The maximum absolute atomic E-state index is 13.7. The number of hydrogen-bond donors (Lipinski definition) is 1. The van der Waals surface area contributed by atoms with Crippen LogP contribution >= 0.6 is 0 Å². The third kappa shape index (κ3) is 3.68. The van der Waals surface area contributed by atoms with E-state index in [0.29, 0.717) is 13.2 Å². The van der Waals surface area contributed by atoms with Crippen LogP contribution in [0.25, 0.3) is 0 Å². The highest BCUT2D eigenvalue weighted by Gasteiger charge is 2.21. The molecule has 1 atom stereocenters. The molecule has 0 bridgehead atoms. The van der Waals surface area contributed by atoms with Gasteiger partial charge in [0, 0.05) is 13.2 Å². The third-order valence-corrected chi connectivity index (χ3v) is 4.46. The molecular formula is C13H18FNO4S. The molecule has 1 aliphatic rings. The summed E-state index contributed by atoms with van der Waals surface area (Å²) < 4.78 is 50.5. The van der Waals surface area contributed by atoms with Gasteiger partial charge < -0.3 is 9.47 Å². The maximum Gasteiger partial charge on any atom is 0.240 e. The first-order valence-electron chi connectivity index (χ1n) is 6.56. The largest absolute Gasteiger partial charge is 0.491 e. The fraction of sp³-hybridized carbons (Fsp3) is 0.538. The molecule has 0 saturated carbocycles. The molecule has 112 valence electrons. The quantitative estimate of drug-likeness (QED) is 0.868. The predicted molar refractivity (Wildman–Crippen MR) is 71.7 cm³/mol. The molecule has 2 rings (SSSR count). The molecule has 0 aromatic heterocycles. The van der Waals surface area contributed by atoms with Crippen LogP contribution in [-0.4, -0.2) is 34.3 Å². The summed E-state index contributed by atoms with van der Waals surface area (Å²) in [5.74, 6) is -0.641. The molecule has 1 heterocycles. The van der Waals surface area contributed by atoms with Crippen LogP contribution in [-0.2, 0) is 14.8 Å². The van der Waals surface area contributed by atoms with Crippen molar-refractivity contribution < 1.29 is 22.3 Å². The van der Waals surface area contributed by atoms with E-state index in [9.17, 15) is 12.8 Å². The van der Waals surface area contributed by atoms with Crippen molar-refractivity contribution in [3.63, 3.8) is 0 Å². The van der Waals surface area contributed by atoms with Crippen molar-refractivity contribution in [2.45, 2.75) is 30.8 Å². The van der Waals surface area contributed by atoms with Crippen molar-refractivity contribution in [2.75, 3.05) is 19.8 Å². The summed E-state index contributed by atoms with van der Waals surface area (Å²) in [6, 6.07) is 3.61. The van der Waals surface area contributed by atoms with Crippen LogP contribution in [0, 0.1) is 5.82 Å². The molecule has 7 heteroatoms. The van der Waals surface area contributed by atoms with Gasteiger partial charge in [0.05, 0.1) is 17.6 Å². The van der Waals surface area contributed by atoms with Crippen LogP contribution in [0.2, 0.25) is 0 Å². The minimum absolute atomic E-state index is 0.0468. The number of hydrogen-bond acceptors (Lipinski definition) is 4. The minimum Gasteiger partial charge on any atom is -0.491 e. The Kier molecular flexibility index (Phi) is 4.95. The summed E-state index contributed by atoms with van der Waals surface area (Å²) in [6.45, 7) is 2.91. The number of sulfonamides is 1. The molecule has 0 spiro atoms. The van der Waals surface area contributed by atoms with Gasteiger partial charge in [-0.2, -0.15) is 0 Å². The lowest BCUT2D eigenvalue weighted by Gasteiger charge is -2.12. The van der Waals surface area contributed by atoms with E-state index in [4.69, 9.17) is 9.47 Å². The van der Waals surface area contributed by atoms with Crippen molar-refractivity contribution in [1.29, 1.82) is 0 Å². The van der Waals surface area contributed by atoms with Gasteiger partial charge in [-0.25, -0.2) is 17.5 Å². The van der Waals surface area contributed by atoms with Gasteiger partial charge in [-0.15, -0.1) is 0 Å². The summed E-state index contributed by atoms with van der Waals surface area (Å²) in [4.78, 5) is -0.114. The molecular weight excluding hydrogens is 285 g/mol. The van der Waals surface area contributed by atoms with Gasteiger partial charge in [-0.3, -0.25) is 0 Å². The Hall–Kier alpha value is -1.18. The molecule has 1 saturated heterocycles. The van der Waals surface area contributed by atoms with Crippen molar-refractivity contribution in [3.05, 3.63) is 24.0 Å². The lowest BCUT2D eigenvalue weighted by molar-refractivity contribution is 0.114. The van der Waals surface area contributed by atoms with E-state index in [0.717, 1.165) is 18.9 Å². The Morgan fingerprint density at radius 3 is 2.90 bits per heavy atom. The first-order valence-corrected chi connectivity index (χ1v) is 8.05. The molecule has 0 aliphatic carbocycles. The smallest absolute Gasteiger partial charge is 0.240 e. The van der Waals surface area contributed by atoms with Crippen LogP contribution in [0.3, 0.4) is 0 Å². The van der Waals surface area contributed by atoms with Crippen LogP contribution < -0.4 is 9.46 Å². The highest BCUT2D eigenvalue weighted by molar-refractivity contribution is 7.89. The molecule has 5 nitrogen and oxygen atoms in total. The summed E-state index contributed by atoms with van der Waals surface area (Å²) in [7, 11) is -3.73. The minimum atomic E-state index is -3.73. The number of ether oxygens (including phenoxy) is 2. The van der Waals surface area contributed by atoms with E-state index in [1.807, 2.05) is 0 Å². The van der Waals surface area contributed by atoms with Crippen LogP contribution in [0.15, 0.2) is 23.1 Å². The van der Waals surface area contributed by atoms with Gasteiger partial charge in [0.15, 0.2) is 11.6 Å². The van der Waals surface area contributed by atoms with E-state index in [-0.39, 0.29) is 23.3 Å². The van der Waals surface area contributed by atoms with Crippen molar-refractivity contribution in [3.8, 4) is 5.75 Å². The summed E-state index contributed by atoms with van der Waals surface area (Å²) in [5, 5.41) is 0. The topological polar surface area (TPSA) is 64.6 Å². The molecule has 1 aromatic rings. The van der Waals surface area contributed by atoms with Gasteiger partial charge >= 0.3 is 0 Å². The first-order chi connectivity index (χ1) is 9.53. The second kappa shape index (κ2) is 6.51. The van der Waals surface area contributed by atoms with Gasteiger partial charge in [-0.1, -0.05) is 0 Å². The van der Waals surface area contributed by atoms with Gasteiger partial charge in [0.25, 0.3) is 0 Å². The maximum atomic E-state index is 13.7. The average Bonchev–Trinajstić information content (AvgIpc) is 2.92. The standard InChI is InChI=1S/C13H18FNO4S/c1-2-18-13-6-5-11(8-12(13)14)20(16,17)15-9-10-4-3-7-19-10/h5-6,8,10,15H,2-4,7,9H2,1H3. The Morgan fingerprint density at radius 2 is 2.30 bits per heavy atom. The van der Waals surface area contributed by atoms with E-state index in [1.165, 1.54) is 12.1 Å². The zero-order valence-corrected chi connectivity index (χ0v) is 12.1. The normalized spacial score (nSPS) is 19.2. The Balaban J connectivity index is 2.06. The number of benzene rings is 1. The zero-order chi connectivity index (χ0) is 14.6. The fourth-order valence-corrected chi connectivity index (χ4v) is 3.09. The summed E-state index contributed by atoms with van der Waals surface area (Å²) in [6.07, 6.45) is 1.67. The Bertz CT molecular complexity index is 555. The molecule has 0 amide bonds. The third-order valence-electron chi connectivity index (χ3n) is 3.04. The van der Waals surface area contributed by atoms with Crippen molar-refractivity contribution >= 4 is 10.0 Å². The predicted octanol–water partition coefficient (Wildman–Crippen LogP) is 1.68. The van der Waals surface area contributed by atoms with Crippen molar-refractivity contribution in [1.82, 2.24) is 4.72 Å². The summed E-state index contributed by atoms with van der Waals surface area (Å²) >= 11 is 0. The fourth-order valence-electron chi connectivity index (χ4n) is 2.01. The first kappa shape index (κ1) is 15.2. The average molecular weight is 303 g/mol. The van der Waals surface area contributed by atoms with Crippen LogP contribution in [0.1, 0.15) is 19.8 Å². The summed E-state index contributed by atoms with van der Waals surface area (Å²) in [5.41, 5.74) is 0. The van der Waals surface area contributed by atoms with Crippen LogP contribution in [0.4, 0.5) is 4.39 Å². The monoisotopic (exact) mass is 303 g/mol. The lowest BCUT2D eigenvalue weighted by atomic mass is 10.2. The number of rotatable bonds is 6. The van der Waals surface area contributed by atoms with Crippen molar-refractivity contribution in [2.24, 2.45) is 0 Å². The highest BCUT2D eigenvalue weighted by Crippen LogP contribution is 2.21. The second-order valence-corrected chi connectivity index (χ2v) is 6.28. The highest BCUT2D eigenvalue weighted by atomic mass is 32.2. The molecule has 0 radical (unpaired) electrons. The Labute approximate surface area is 118 Å². The van der Waals surface area contributed by atoms with Crippen LogP contribution in [0.5, 0.6) is 5.75 Å². The molecule has 1 fully saturated rings. The van der Waals surface area contributed by atoms with E-state index < -0.39 is 15.8 Å². The zero-order valence-electron chi connectivity index (χ0n) is 11.3. The van der Waals surface area contributed by atoms with E-state index >= 15 is 0 Å². The van der Waals surface area contributed by atoms with Gasteiger partial charge in [0.2, 0.25) is 10.0 Å².